The van der Waals surface area contributed by atoms with E-state index in [4.69, 9.17) is 4.74 Å². The van der Waals surface area contributed by atoms with E-state index in [1.807, 2.05) is 34.4 Å². The molecular formula is C18H20N2O5S. The maximum atomic E-state index is 12.8. The van der Waals surface area contributed by atoms with E-state index in [-0.39, 0.29) is 0 Å². The third-order valence-electron chi connectivity index (χ3n) is 4.26. The van der Waals surface area contributed by atoms with Gasteiger partial charge in [0.15, 0.2) is 6.10 Å². The summed E-state index contributed by atoms with van der Waals surface area (Å²) in [6, 6.07) is 3.78. The molecule has 0 bridgehead atoms. The molecule has 2 amide bonds. The molecule has 0 aliphatic heterocycles. The fraction of sp³-hybridized carbons (Fsp3) is 0.389. The number of methoxy groups -OCH3 is 1. The Balaban J connectivity index is 1.86. The number of thiophene rings is 1. The van der Waals surface area contributed by atoms with Crippen LogP contribution in [0.15, 0.2) is 24.5 Å². The van der Waals surface area contributed by atoms with Crippen molar-refractivity contribution in [3.8, 4) is 5.00 Å². The summed E-state index contributed by atoms with van der Waals surface area (Å²) in [6.07, 6.45) is 5.64. The SMILES string of the molecule is COC(=O)NC(=O)[C@@H](C)OC(=O)c1c(-n2cccc2)sc2c1CCCC2. The van der Waals surface area contributed by atoms with Gasteiger partial charge in [0, 0.05) is 17.3 Å². The van der Waals surface area contributed by atoms with Crippen LogP contribution in [0, 0.1) is 0 Å². The van der Waals surface area contributed by atoms with Gasteiger partial charge < -0.3 is 14.0 Å². The second kappa shape index (κ2) is 7.74. The summed E-state index contributed by atoms with van der Waals surface area (Å²) < 4.78 is 11.6. The van der Waals surface area contributed by atoms with E-state index in [0.29, 0.717) is 5.56 Å². The first-order valence-corrected chi connectivity index (χ1v) is 9.20. The summed E-state index contributed by atoms with van der Waals surface area (Å²) in [5.74, 6) is -1.28. The Morgan fingerprint density at radius 1 is 1.19 bits per heavy atom. The summed E-state index contributed by atoms with van der Waals surface area (Å²) in [7, 11) is 1.15. The maximum absolute atomic E-state index is 12.8. The molecule has 0 fully saturated rings. The molecule has 0 spiro atoms. The molecule has 0 unspecified atom stereocenters. The number of nitrogens with one attached hydrogen (secondary N) is 1. The van der Waals surface area contributed by atoms with Crippen LogP contribution in [0.2, 0.25) is 0 Å². The molecule has 0 radical (unpaired) electrons. The number of hydrogen-bond donors (Lipinski definition) is 1. The Hall–Kier alpha value is -2.61. The van der Waals surface area contributed by atoms with Crippen LogP contribution in [-0.4, -0.2) is 35.8 Å². The number of fused-ring (bicyclic) bond motifs is 1. The standard InChI is InChI=1S/C18H20N2O5S/c1-11(15(21)19-18(23)24-2)25-17(22)14-12-7-3-4-8-13(12)26-16(14)20-9-5-6-10-20/h5-6,9-11H,3-4,7-8H2,1-2H3,(H,19,21,23)/t11-/m1/s1. The Morgan fingerprint density at radius 3 is 2.58 bits per heavy atom. The number of aryl methyl sites for hydroxylation is 1. The molecule has 0 saturated carbocycles. The van der Waals surface area contributed by atoms with Gasteiger partial charge in [0.05, 0.1) is 12.7 Å². The lowest BCUT2D eigenvalue weighted by atomic mass is 9.95. The molecule has 1 N–H and O–H groups in total. The van der Waals surface area contributed by atoms with Gasteiger partial charge in [-0.2, -0.15) is 0 Å². The van der Waals surface area contributed by atoms with Gasteiger partial charge in [-0.3, -0.25) is 10.1 Å². The highest BCUT2D eigenvalue weighted by molar-refractivity contribution is 7.15. The highest BCUT2D eigenvalue weighted by Crippen LogP contribution is 2.37. The van der Waals surface area contributed by atoms with Crippen LogP contribution in [0.4, 0.5) is 4.79 Å². The lowest BCUT2D eigenvalue weighted by molar-refractivity contribution is -0.128. The van der Waals surface area contributed by atoms with Crippen molar-refractivity contribution >= 4 is 29.3 Å². The largest absolute Gasteiger partial charge is 0.453 e. The number of nitrogens with zero attached hydrogens (tertiary/aromatic N) is 1. The molecular weight excluding hydrogens is 356 g/mol. The van der Waals surface area contributed by atoms with Gasteiger partial charge >= 0.3 is 12.1 Å². The number of carbonyl (C=O) groups is 3. The van der Waals surface area contributed by atoms with Crippen LogP contribution in [0.3, 0.4) is 0 Å². The maximum Gasteiger partial charge on any atom is 0.413 e. The van der Waals surface area contributed by atoms with Gasteiger partial charge in [-0.25, -0.2) is 9.59 Å². The number of aromatic nitrogens is 1. The number of hydrogen-bond acceptors (Lipinski definition) is 6. The molecule has 0 aromatic carbocycles. The lowest BCUT2D eigenvalue weighted by Gasteiger charge is -2.15. The molecule has 2 aromatic heterocycles. The van der Waals surface area contributed by atoms with Gasteiger partial charge in [-0.1, -0.05) is 0 Å². The van der Waals surface area contributed by atoms with Crippen LogP contribution in [0.5, 0.6) is 0 Å². The Labute approximate surface area is 154 Å². The highest BCUT2D eigenvalue weighted by atomic mass is 32.1. The zero-order valence-electron chi connectivity index (χ0n) is 14.6. The molecule has 1 aliphatic carbocycles. The fourth-order valence-corrected chi connectivity index (χ4v) is 4.28. The minimum atomic E-state index is -1.11. The number of carbonyl (C=O) groups excluding carboxylic acids is 3. The van der Waals surface area contributed by atoms with Crippen molar-refractivity contribution in [2.45, 2.75) is 38.7 Å². The van der Waals surface area contributed by atoms with Crippen LogP contribution < -0.4 is 5.32 Å². The lowest BCUT2D eigenvalue weighted by Crippen LogP contribution is -2.39. The van der Waals surface area contributed by atoms with E-state index < -0.39 is 24.1 Å². The van der Waals surface area contributed by atoms with E-state index in [0.717, 1.165) is 43.4 Å². The number of alkyl carbamates (subject to hydrolysis) is 1. The van der Waals surface area contributed by atoms with Crippen LogP contribution >= 0.6 is 11.3 Å². The Bertz CT molecular complexity index is 825. The first-order valence-electron chi connectivity index (χ1n) is 8.39. The van der Waals surface area contributed by atoms with Gasteiger partial charge in [0.1, 0.15) is 5.00 Å². The molecule has 0 saturated heterocycles. The van der Waals surface area contributed by atoms with Crippen LogP contribution in [0.25, 0.3) is 5.00 Å². The minimum absolute atomic E-state index is 0.513. The second-order valence-electron chi connectivity index (χ2n) is 6.01. The molecule has 8 heteroatoms. The van der Waals surface area contributed by atoms with Crippen LogP contribution in [0.1, 0.15) is 40.6 Å². The van der Waals surface area contributed by atoms with Gasteiger partial charge in [-0.15, -0.1) is 11.3 Å². The van der Waals surface area contributed by atoms with Gasteiger partial charge in [-0.05, 0) is 50.3 Å². The number of ether oxygens (including phenoxy) is 2. The normalized spacial score (nSPS) is 14.2. The zero-order valence-corrected chi connectivity index (χ0v) is 15.4. The summed E-state index contributed by atoms with van der Waals surface area (Å²) in [5, 5.41) is 2.80. The number of esters is 1. The van der Waals surface area contributed by atoms with Crippen molar-refractivity contribution in [1.82, 2.24) is 9.88 Å². The van der Waals surface area contributed by atoms with E-state index in [1.165, 1.54) is 11.8 Å². The molecule has 1 aliphatic rings. The molecule has 7 nitrogen and oxygen atoms in total. The minimum Gasteiger partial charge on any atom is -0.453 e. The number of imide groups is 1. The van der Waals surface area contributed by atoms with Crippen molar-refractivity contribution in [3.05, 3.63) is 40.5 Å². The van der Waals surface area contributed by atoms with E-state index in [1.54, 1.807) is 11.3 Å². The molecule has 138 valence electrons. The van der Waals surface area contributed by atoms with Crippen molar-refractivity contribution in [3.63, 3.8) is 0 Å². The van der Waals surface area contributed by atoms with E-state index >= 15 is 0 Å². The monoisotopic (exact) mass is 376 g/mol. The molecule has 2 heterocycles. The molecule has 2 aromatic rings. The van der Waals surface area contributed by atoms with E-state index in [9.17, 15) is 14.4 Å². The smallest absolute Gasteiger partial charge is 0.413 e. The summed E-state index contributed by atoms with van der Waals surface area (Å²) >= 11 is 1.59. The second-order valence-corrected chi connectivity index (χ2v) is 7.09. The van der Waals surface area contributed by atoms with Gasteiger partial charge in [0.25, 0.3) is 5.91 Å². The average molecular weight is 376 g/mol. The molecule has 26 heavy (non-hydrogen) atoms. The van der Waals surface area contributed by atoms with E-state index in [2.05, 4.69) is 4.74 Å². The first kappa shape index (κ1) is 18.2. The average Bonchev–Trinajstić information content (AvgIpc) is 3.28. The number of rotatable bonds is 4. The first-order chi connectivity index (χ1) is 12.5. The topological polar surface area (TPSA) is 86.6 Å². The quantitative estimate of drug-likeness (QED) is 0.829. The predicted molar refractivity (Wildman–Crippen MR) is 95.7 cm³/mol. The highest BCUT2D eigenvalue weighted by Gasteiger charge is 2.29. The Morgan fingerprint density at radius 2 is 1.88 bits per heavy atom. The predicted octanol–water partition coefficient (Wildman–Crippen LogP) is 2.85. The van der Waals surface area contributed by atoms with Gasteiger partial charge in [0.2, 0.25) is 0 Å². The fourth-order valence-electron chi connectivity index (χ4n) is 2.94. The zero-order chi connectivity index (χ0) is 18.7. The molecule has 1 atom stereocenters. The van der Waals surface area contributed by atoms with Crippen LogP contribution in [-0.2, 0) is 27.1 Å². The van der Waals surface area contributed by atoms with Crippen molar-refractivity contribution in [2.75, 3.05) is 7.11 Å². The van der Waals surface area contributed by atoms with Crippen molar-refractivity contribution < 1.29 is 23.9 Å². The summed E-state index contributed by atoms with van der Waals surface area (Å²) in [6.45, 7) is 1.42. The number of amides is 2. The third kappa shape index (κ3) is 3.65. The molecule has 3 rings (SSSR count). The summed E-state index contributed by atoms with van der Waals surface area (Å²) in [5.41, 5.74) is 1.52. The Kier molecular flexibility index (Phi) is 5.41. The third-order valence-corrected chi connectivity index (χ3v) is 5.56. The summed E-state index contributed by atoms with van der Waals surface area (Å²) in [4.78, 5) is 37.1. The van der Waals surface area contributed by atoms with Crippen molar-refractivity contribution in [2.24, 2.45) is 0 Å². The van der Waals surface area contributed by atoms with Crippen molar-refractivity contribution in [1.29, 1.82) is 0 Å².